The summed E-state index contributed by atoms with van der Waals surface area (Å²) in [6.07, 6.45) is 0. The van der Waals surface area contributed by atoms with Gasteiger partial charge in [-0.3, -0.25) is 19.3 Å². The lowest BCUT2D eigenvalue weighted by molar-refractivity contribution is -0.133. The van der Waals surface area contributed by atoms with Crippen molar-refractivity contribution >= 4 is 34.5 Å². The van der Waals surface area contributed by atoms with Crippen LogP contribution in [0.25, 0.3) is 0 Å². The molecule has 2 aliphatic rings. The Morgan fingerprint density at radius 3 is 2.35 bits per heavy atom. The molecule has 0 radical (unpaired) electrons. The van der Waals surface area contributed by atoms with Gasteiger partial charge in [-0.15, -0.1) is 0 Å². The average molecular weight is 380 g/mol. The molecule has 0 spiro atoms. The first-order valence-corrected chi connectivity index (χ1v) is 9.47. The van der Waals surface area contributed by atoms with Gasteiger partial charge < -0.3 is 15.1 Å². The Bertz CT molecular complexity index is 677. The van der Waals surface area contributed by atoms with Crippen molar-refractivity contribution in [3.8, 4) is 0 Å². The summed E-state index contributed by atoms with van der Waals surface area (Å²) in [5.74, 6) is 0.175. The molecule has 2 heterocycles. The maximum Gasteiger partial charge on any atom is 0.282 e. The van der Waals surface area contributed by atoms with Crippen LogP contribution in [-0.2, 0) is 9.59 Å². The van der Waals surface area contributed by atoms with Crippen molar-refractivity contribution < 1.29 is 18.8 Å². The van der Waals surface area contributed by atoms with Crippen molar-refractivity contribution in [2.45, 2.75) is 0 Å². The van der Waals surface area contributed by atoms with E-state index in [1.165, 1.54) is 36.0 Å². The van der Waals surface area contributed by atoms with Gasteiger partial charge in [0.1, 0.15) is 12.4 Å². The second-order valence-corrected chi connectivity index (χ2v) is 7.29. The smallest absolute Gasteiger partial charge is 0.282 e. The molecule has 1 aromatic rings. The number of piperazine rings is 1. The monoisotopic (exact) mass is 380 g/mol. The first kappa shape index (κ1) is 18.7. The average Bonchev–Trinajstić information content (AvgIpc) is 3.02. The van der Waals surface area contributed by atoms with Crippen molar-refractivity contribution in [2.75, 3.05) is 56.9 Å². The van der Waals surface area contributed by atoms with Gasteiger partial charge in [0, 0.05) is 44.2 Å². The van der Waals surface area contributed by atoms with Gasteiger partial charge in [0.05, 0.1) is 6.54 Å². The summed E-state index contributed by atoms with van der Waals surface area (Å²) in [5.41, 5.74) is 0.554. The highest BCUT2D eigenvalue weighted by Gasteiger charge is 2.27. The molecule has 3 amide bonds. The van der Waals surface area contributed by atoms with E-state index in [-0.39, 0.29) is 36.0 Å². The Balaban J connectivity index is 1.40. The zero-order chi connectivity index (χ0) is 18.5. The Morgan fingerprint density at radius 1 is 1.04 bits per heavy atom. The zero-order valence-corrected chi connectivity index (χ0v) is 15.1. The van der Waals surface area contributed by atoms with Crippen molar-refractivity contribution in [3.63, 3.8) is 0 Å². The van der Waals surface area contributed by atoms with E-state index in [0.29, 0.717) is 38.4 Å². The van der Waals surface area contributed by atoms with Crippen LogP contribution >= 0.6 is 11.8 Å². The molecule has 0 aromatic heterocycles. The van der Waals surface area contributed by atoms with E-state index in [2.05, 4.69) is 5.32 Å². The van der Waals surface area contributed by atoms with Gasteiger partial charge >= 0.3 is 0 Å². The van der Waals surface area contributed by atoms with Gasteiger partial charge in [-0.25, -0.2) is 4.39 Å². The number of halogens is 1. The number of thioether (sulfide) groups is 1. The fraction of sp³-hybridized carbons (Fsp3) is 0.471. The summed E-state index contributed by atoms with van der Waals surface area (Å²) in [7, 11) is 0. The predicted molar refractivity (Wildman–Crippen MR) is 97.5 cm³/mol. The molecule has 2 saturated heterocycles. The van der Waals surface area contributed by atoms with Crippen LogP contribution < -0.4 is 5.32 Å². The first-order chi connectivity index (χ1) is 12.5. The van der Waals surface area contributed by atoms with E-state index in [4.69, 9.17) is 0 Å². The number of nitrogens with one attached hydrogen (secondary N) is 1. The molecule has 26 heavy (non-hydrogen) atoms. The summed E-state index contributed by atoms with van der Waals surface area (Å²) in [5, 5.41) is 2.70. The Morgan fingerprint density at radius 2 is 1.73 bits per heavy atom. The molecule has 0 saturated carbocycles. The van der Waals surface area contributed by atoms with Crippen LogP contribution in [-0.4, -0.2) is 83.3 Å². The quantitative estimate of drug-likeness (QED) is 0.828. The molecule has 0 aliphatic carbocycles. The molecule has 9 heteroatoms. The number of hydrogen-bond donors (Lipinski definition) is 1. The maximum absolute atomic E-state index is 12.9. The first-order valence-electron chi connectivity index (χ1n) is 8.48. The summed E-state index contributed by atoms with van der Waals surface area (Å²) in [6, 6.07) is 5.62. The Labute approximate surface area is 155 Å². The van der Waals surface area contributed by atoms with Crippen molar-refractivity contribution in [1.82, 2.24) is 14.7 Å². The number of carbonyl (C=O) groups is 3. The summed E-state index contributed by atoms with van der Waals surface area (Å²) in [4.78, 5) is 41.2. The van der Waals surface area contributed by atoms with Gasteiger partial charge in [0.25, 0.3) is 5.24 Å². The van der Waals surface area contributed by atoms with Crippen LogP contribution in [0.1, 0.15) is 0 Å². The van der Waals surface area contributed by atoms with Crippen LogP contribution in [0, 0.1) is 5.82 Å². The second kappa shape index (κ2) is 8.50. The van der Waals surface area contributed by atoms with Gasteiger partial charge in [-0.2, -0.15) is 0 Å². The number of hydrogen-bond acceptors (Lipinski definition) is 5. The van der Waals surface area contributed by atoms with Crippen molar-refractivity contribution in [3.05, 3.63) is 30.1 Å². The number of amides is 3. The second-order valence-electron chi connectivity index (χ2n) is 6.25. The molecular formula is C17H21FN4O3S. The molecule has 1 N–H and O–H groups in total. The fourth-order valence-corrected chi connectivity index (χ4v) is 3.75. The maximum atomic E-state index is 12.9. The molecule has 2 fully saturated rings. The number of nitrogens with zero attached hydrogens (tertiary/aromatic N) is 3. The normalized spacial score (nSPS) is 18.3. The topological polar surface area (TPSA) is 73.0 Å². The number of carbonyl (C=O) groups excluding carboxylic acids is 3. The van der Waals surface area contributed by atoms with Crippen LogP contribution in [0.2, 0.25) is 0 Å². The fourth-order valence-electron chi connectivity index (χ4n) is 2.92. The minimum absolute atomic E-state index is 0.0329. The molecule has 0 atom stereocenters. The van der Waals surface area contributed by atoms with Crippen LogP contribution in [0.15, 0.2) is 24.3 Å². The lowest BCUT2D eigenvalue weighted by Crippen LogP contribution is -2.52. The van der Waals surface area contributed by atoms with E-state index in [0.717, 1.165) is 5.75 Å². The molecule has 2 aliphatic heterocycles. The molecule has 7 nitrogen and oxygen atoms in total. The lowest BCUT2D eigenvalue weighted by atomic mass is 10.3. The zero-order valence-electron chi connectivity index (χ0n) is 14.3. The third-order valence-electron chi connectivity index (χ3n) is 4.39. The molecular weight excluding hydrogens is 359 g/mol. The van der Waals surface area contributed by atoms with Gasteiger partial charge in [0.2, 0.25) is 11.8 Å². The van der Waals surface area contributed by atoms with E-state index in [1.807, 2.05) is 4.90 Å². The Hall–Kier alpha value is -2.13. The Kier molecular flexibility index (Phi) is 6.10. The highest BCUT2D eigenvalue weighted by molar-refractivity contribution is 8.13. The van der Waals surface area contributed by atoms with Crippen LogP contribution in [0.5, 0.6) is 0 Å². The van der Waals surface area contributed by atoms with E-state index < -0.39 is 0 Å². The van der Waals surface area contributed by atoms with E-state index in [1.54, 1.807) is 9.80 Å². The van der Waals surface area contributed by atoms with E-state index >= 15 is 0 Å². The molecule has 1 aromatic carbocycles. The SMILES string of the molecule is O=C(CN1CCN(C(=O)CN2CCSC2=O)CC1)Nc1ccc(F)cc1. The standard InChI is InChI=1S/C17H21FN4O3S/c18-13-1-3-14(4-2-13)19-15(23)11-20-5-7-21(8-6-20)16(24)12-22-9-10-26-17(22)25/h1-4H,5-12H2,(H,19,23). The highest BCUT2D eigenvalue weighted by Crippen LogP contribution is 2.17. The summed E-state index contributed by atoms with van der Waals surface area (Å²) >= 11 is 1.25. The molecule has 140 valence electrons. The summed E-state index contributed by atoms with van der Waals surface area (Å²) < 4.78 is 12.9. The number of anilines is 1. The lowest BCUT2D eigenvalue weighted by Gasteiger charge is -2.35. The van der Waals surface area contributed by atoms with Crippen LogP contribution in [0.3, 0.4) is 0 Å². The van der Waals surface area contributed by atoms with Gasteiger partial charge in [-0.1, -0.05) is 11.8 Å². The van der Waals surface area contributed by atoms with E-state index in [9.17, 15) is 18.8 Å². The third-order valence-corrected chi connectivity index (χ3v) is 5.28. The van der Waals surface area contributed by atoms with Crippen LogP contribution in [0.4, 0.5) is 14.9 Å². The van der Waals surface area contributed by atoms with Gasteiger partial charge in [-0.05, 0) is 24.3 Å². The minimum Gasteiger partial charge on any atom is -0.339 e. The summed E-state index contributed by atoms with van der Waals surface area (Å²) in [6.45, 7) is 3.27. The molecule has 0 bridgehead atoms. The predicted octanol–water partition coefficient (Wildman–Crippen LogP) is 1.08. The number of benzene rings is 1. The molecule has 0 unspecified atom stereocenters. The van der Waals surface area contributed by atoms with Crippen molar-refractivity contribution in [1.29, 1.82) is 0 Å². The minimum atomic E-state index is -0.349. The highest BCUT2D eigenvalue weighted by atomic mass is 32.2. The number of rotatable bonds is 5. The largest absolute Gasteiger partial charge is 0.339 e. The van der Waals surface area contributed by atoms with Gasteiger partial charge in [0.15, 0.2) is 0 Å². The van der Waals surface area contributed by atoms with Crippen molar-refractivity contribution in [2.24, 2.45) is 0 Å². The third kappa shape index (κ3) is 4.95. The molecule has 3 rings (SSSR count).